The molecule has 6 heteroatoms. The first-order valence-corrected chi connectivity index (χ1v) is 13.2. The number of thiophene rings is 1. The Morgan fingerprint density at radius 3 is 2.62 bits per heavy atom. The third-order valence-electron chi connectivity index (χ3n) is 6.81. The van der Waals surface area contributed by atoms with Crippen molar-refractivity contribution in [2.75, 3.05) is 6.61 Å². The van der Waals surface area contributed by atoms with Gasteiger partial charge in [0.15, 0.2) is 6.61 Å². The highest BCUT2D eigenvalue weighted by Crippen LogP contribution is 2.38. The van der Waals surface area contributed by atoms with Crippen LogP contribution in [0.1, 0.15) is 77.9 Å². The number of carbonyl (C=O) groups is 2. The van der Waals surface area contributed by atoms with Gasteiger partial charge in [0.05, 0.1) is 16.8 Å². The number of fused-ring (bicyclic) bond motifs is 2. The van der Waals surface area contributed by atoms with E-state index < -0.39 is 5.97 Å². The molecule has 1 aromatic carbocycles. The molecule has 0 spiro atoms. The topological polar surface area (TPSA) is 68.3 Å². The van der Waals surface area contributed by atoms with E-state index in [0.717, 1.165) is 66.3 Å². The lowest BCUT2D eigenvalue weighted by atomic mass is 9.97. The number of rotatable bonds is 5. The van der Waals surface area contributed by atoms with Crippen LogP contribution in [0.4, 0.5) is 0 Å². The summed E-state index contributed by atoms with van der Waals surface area (Å²) in [6.07, 6.45) is 11.8. The Balaban J connectivity index is 1.35. The number of pyridine rings is 1. The number of aromatic nitrogens is 1. The standard InChI is InChI=1S/C28H30N2O3S/c31-25(29-20-9-4-2-1-3-5-10-20)18-33-28(32)26-22-12-6-7-13-24(22)30-27-19(14-15-23(26)27)17-21-11-8-16-34-21/h6-8,11-13,16-17,20H,1-5,9-10,14-15,18H2,(H,29,31). The second-order valence-electron chi connectivity index (χ2n) is 9.20. The molecule has 1 N–H and O–H groups in total. The van der Waals surface area contributed by atoms with E-state index in [1.165, 1.54) is 24.1 Å². The van der Waals surface area contributed by atoms with E-state index in [9.17, 15) is 9.59 Å². The van der Waals surface area contributed by atoms with Crippen LogP contribution in [-0.4, -0.2) is 29.5 Å². The fourth-order valence-electron chi connectivity index (χ4n) is 5.13. The fraction of sp³-hybridized carbons (Fsp3) is 0.393. The van der Waals surface area contributed by atoms with Crippen molar-refractivity contribution in [3.63, 3.8) is 0 Å². The quantitative estimate of drug-likeness (QED) is 0.449. The number of nitrogens with zero attached hydrogens (tertiary/aromatic N) is 1. The molecule has 0 radical (unpaired) electrons. The van der Waals surface area contributed by atoms with Crippen LogP contribution in [0.25, 0.3) is 22.6 Å². The number of carbonyl (C=O) groups excluding carboxylic acids is 2. The first-order valence-electron chi connectivity index (χ1n) is 12.3. The largest absolute Gasteiger partial charge is 0.452 e. The zero-order valence-electron chi connectivity index (χ0n) is 19.3. The van der Waals surface area contributed by atoms with Crippen molar-refractivity contribution >= 4 is 45.8 Å². The normalized spacial score (nSPS) is 17.8. The van der Waals surface area contributed by atoms with Crippen LogP contribution in [0, 0.1) is 0 Å². The third-order valence-corrected chi connectivity index (χ3v) is 7.63. The number of benzene rings is 1. The molecule has 0 aliphatic heterocycles. The molecule has 2 aliphatic carbocycles. The summed E-state index contributed by atoms with van der Waals surface area (Å²) in [5.41, 5.74) is 4.25. The molecule has 176 valence electrons. The summed E-state index contributed by atoms with van der Waals surface area (Å²) in [5.74, 6) is -0.660. The van der Waals surface area contributed by atoms with Crippen molar-refractivity contribution < 1.29 is 14.3 Å². The summed E-state index contributed by atoms with van der Waals surface area (Å²) in [7, 11) is 0. The number of amides is 1. The maximum Gasteiger partial charge on any atom is 0.339 e. The van der Waals surface area contributed by atoms with Gasteiger partial charge in [-0.15, -0.1) is 11.3 Å². The highest BCUT2D eigenvalue weighted by molar-refractivity contribution is 7.10. The molecule has 1 fully saturated rings. The Labute approximate surface area is 204 Å². The number of hydrogen-bond donors (Lipinski definition) is 1. The van der Waals surface area contributed by atoms with E-state index in [1.54, 1.807) is 11.3 Å². The number of nitrogens with one attached hydrogen (secondary N) is 1. The molecule has 3 aromatic rings. The van der Waals surface area contributed by atoms with Gasteiger partial charge in [0.1, 0.15) is 0 Å². The molecule has 0 bridgehead atoms. The molecule has 5 nitrogen and oxygen atoms in total. The lowest BCUT2D eigenvalue weighted by molar-refractivity contribution is -0.125. The molecule has 0 atom stereocenters. The highest BCUT2D eigenvalue weighted by Gasteiger charge is 2.28. The van der Waals surface area contributed by atoms with Crippen LogP contribution in [-0.2, 0) is 16.0 Å². The molecular formula is C28H30N2O3S. The molecule has 5 rings (SSSR count). The predicted octanol–water partition coefficient (Wildman–Crippen LogP) is 6.17. The summed E-state index contributed by atoms with van der Waals surface area (Å²) in [4.78, 5) is 31.9. The van der Waals surface area contributed by atoms with Gasteiger partial charge >= 0.3 is 5.97 Å². The van der Waals surface area contributed by atoms with Gasteiger partial charge < -0.3 is 10.1 Å². The molecule has 0 saturated heterocycles. The maximum absolute atomic E-state index is 13.3. The summed E-state index contributed by atoms with van der Waals surface area (Å²) >= 11 is 1.69. The lowest BCUT2D eigenvalue weighted by Gasteiger charge is -2.21. The summed E-state index contributed by atoms with van der Waals surface area (Å²) in [6.45, 7) is -0.251. The number of hydrogen-bond acceptors (Lipinski definition) is 5. The summed E-state index contributed by atoms with van der Waals surface area (Å²) < 4.78 is 5.57. The van der Waals surface area contributed by atoms with Gasteiger partial charge in [-0.25, -0.2) is 9.78 Å². The third kappa shape index (κ3) is 5.07. The molecule has 2 heterocycles. The van der Waals surface area contributed by atoms with Gasteiger partial charge in [0.2, 0.25) is 0 Å². The van der Waals surface area contributed by atoms with Gasteiger partial charge in [-0.3, -0.25) is 4.79 Å². The minimum absolute atomic E-state index is 0.183. The molecule has 2 aromatic heterocycles. The Morgan fingerprint density at radius 2 is 1.82 bits per heavy atom. The van der Waals surface area contributed by atoms with E-state index in [2.05, 4.69) is 22.8 Å². The van der Waals surface area contributed by atoms with Crippen LogP contribution in [0.3, 0.4) is 0 Å². The Morgan fingerprint density at radius 1 is 1.03 bits per heavy atom. The van der Waals surface area contributed by atoms with E-state index in [4.69, 9.17) is 9.72 Å². The van der Waals surface area contributed by atoms with Gasteiger partial charge in [-0.05, 0) is 60.4 Å². The molecular weight excluding hydrogens is 444 g/mol. The Kier molecular flexibility index (Phi) is 7.05. The van der Waals surface area contributed by atoms with Crippen LogP contribution in [0.5, 0.6) is 0 Å². The first kappa shape index (κ1) is 22.8. The van der Waals surface area contributed by atoms with Crippen LogP contribution < -0.4 is 5.32 Å². The van der Waals surface area contributed by atoms with Gasteiger partial charge in [0, 0.05) is 16.3 Å². The zero-order chi connectivity index (χ0) is 23.3. The second-order valence-corrected chi connectivity index (χ2v) is 10.2. The van der Waals surface area contributed by atoms with Crippen molar-refractivity contribution in [2.24, 2.45) is 0 Å². The lowest BCUT2D eigenvalue weighted by Crippen LogP contribution is -2.38. The van der Waals surface area contributed by atoms with Crippen molar-refractivity contribution in [2.45, 2.75) is 63.8 Å². The smallest absolute Gasteiger partial charge is 0.339 e. The monoisotopic (exact) mass is 474 g/mol. The molecule has 0 unspecified atom stereocenters. The number of allylic oxidation sites excluding steroid dienone is 1. The van der Waals surface area contributed by atoms with Crippen LogP contribution in [0.2, 0.25) is 0 Å². The Hall–Kier alpha value is -2.99. The van der Waals surface area contributed by atoms with Gasteiger partial charge in [0.25, 0.3) is 5.91 Å². The van der Waals surface area contributed by atoms with Crippen molar-refractivity contribution in [3.8, 4) is 0 Å². The fourth-order valence-corrected chi connectivity index (χ4v) is 5.81. The van der Waals surface area contributed by atoms with E-state index in [-0.39, 0.29) is 18.6 Å². The van der Waals surface area contributed by atoms with E-state index in [0.29, 0.717) is 5.56 Å². The van der Waals surface area contributed by atoms with Gasteiger partial charge in [-0.2, -0.15) is 0 Å². The second kappa shape index (κ2) is 10.5. The molecule has 34 heavy (non-hydrogen) atoms. The maximum atomic E-state index is 13.3. The van der Waals surface area contributed by atoms with Crippen LogP contribution >= 0.6 is 11.3 Å². The molecule has 1 saturated carbocycles. The van der Waals surface area contributed by atoms with Crippen molar-refractivity contribution in [1.29, 1.82) is 0 Å². The number of para-hydroxylation sites is 1. The average Bonchev–Trinajstić information content (AvgIpc) is 3.48. The minimum Gasteiger partial charge on any atom is -0.452 e. The van der Waals surface area contributed by atoms with Crippen molar-refractivity contribution in [3.05, 3.63) is 63.5 Å². The summed E-state index contributed by atoms with van der Waals surface area (Å²) in [6, 6.07) is 12.0. The van der Waals surface area contributed by atoms with Crippen LogP contribution in [0.15, 0.2) is 41.8 Å². The predicted molar refractivity (Wildman–Crippen MR) is 137 cm³/mol. The number of esters is 1. The van der Waals surface area contributed by atoms with Gasteiger partial charge in [-0.1, -0.05) is 56.4 Å². The highest BCUT2D eigenvalue weighted by atomic mass is 32.1. The SMILES string of the molecule is O=C(COC(=O)c1c2c(nc3ccccc13)C(=Cc1cccs1)CC2)NC1CCCCCCC1. The van der Waals surface area contributed by atoms with Crippen molar-refractivity contribution in [1.82, 2.24) is 10.3 Å². The zero-order valence-corrected chi connectivity index (χ0v) is 20.2. The average molecular weight is 475 g/mol. The molecule has 2 aliphatic rings. The minimum atomic E-state index is -0.444. The van der Waals surface area contributed by atoms with E-state index >= 15 is 0 Å². The van der Waals surface area contributed by atoms with E-state index in [1.807, 2.05) is 30.3 Å². The molecule has 1 amide bonds. The Bertz CT molecular complexity index is 1210. The number of ether oxygens (including phenoxy) is 1. The summed E-state index contributed by atoms with van der Waals surface area (Å²) in [5, 5.41) is 5.92. The first-order chi connectivity index (χ1) is 16.7.